The molecule has 6 heteroatoms. The van der Waals surface area contributed by atoms with Crippen molar-refractivity contribution in [3.8, 4) is 11.4 Å². The van der Waals surface area contributed by atoms with Gasteiger partial charge in [0, 0.05) is 31.0 Å². The summed E-state index contributed by atoms with van der Waals surface area (Å²) in [7, 11) is 1.64. The first-order valence-corrected chi connectivity index (χ1v) is 8.71. The molecular weight excluding hydrogens is 340 g/mol. The van der Waals surface area contributed by atoms with Crippen LogP contribution in [0.1, 0.15) is 16.1 Å². The van der Waals surface area contributed by atoms with Gasteiger partial charge in [0.15, 0.2) is 5.82 Å². The topological polar surface area (TPSA) is 76.1 Å². The van der Waals surface area contributed by atoms with Gasteiger partial charge >= 0.3 is 0 Å². The third kappa shape index (κ3) is 5.12. The summed E-state index contributed by atoms with van der Waals surface area (Å²) in [5, 5.41) is 6.04. The first-order valence-electron chi connectivity index (χ1n) is 8.71. The predicted octanol–water partition coefficient (Wildman–Crippen LogP) is 3.76. The highest BCUT2D eigenvalue weighted by molar-refractivity contribution is 6.03. The van der Waals surface area contributed by atoms with Crippen molar-refractivity contribution in [2.24, 2.45) is 0 Å². The first-order chi connectivity index (χ1) is 13.2. The zero-order valence-electron chi connectivity index (χ0n) is 15.4. The van der Waals surface area contributed by atoms with Crippen LogP contribution in [0.4, 0.5) is 11.5 Å². The zero-order chi connectivity index (χ0) is 19.1. The number of nitrogens with zero attached hydrogens (tertiary/aromatic N) is 2. The van der Waals surface area contributed by atoms with Gasteiger partial charge in [-0.2, -0.15) is 0 Å². The second-order valence-electron chi connectivity index (χ2n) is 6.07. The quantitative estimate of drug-likeness (QED) is 0.626. The van der Waals surface area contributed by atoms with Crippen molar-refractivity contribution in [3.63, 3.8) is 0 Å². The fourth-order valence-electron chi connectivity index (χ4n) is 2.48. The van der Waals surface area contributed by atoms with Crippen LogP contribution in [0, 0.1) is 6.92 Å². The summed E-state index contributed by atoms with van der Waals surface area (Å²) < 4.78 is 5.06. The Morgan fingerprint density at radius 2 is 1.78 bits per heavy atom. The molecule has 0 fully saturated rings. The van der Waals surface area contributed by atoms with Crippen LogP contribution in [-0.2, 0) is 4.74 Å². The third-order valence-electron chi connectivity index (χ3n) is 3.91. The molecule has 0 saturated carbocycles. The second kappa shape index (κ2) is 8.91. The van der Waals surface area contributed by atoms with Gasteiger partial charge in [-0.05, 0) is 19.1 Å². The molecule has 2 N–H and O–H groups in total. The van der Waals surface area contributed by atoms with E-state index in [0.29, 0.717) is 30.5 Å². The van der Waals surface area contributed by atoms with Crippen LogP contribution in [-0.4, -0.2) is 36.1 Å². The molecule has 0 radical (unpaired) electrons. The normalized spacial score (nSPS) is 10.4. The van der Waals surface area contributed by atoms with Crippen molar-refractivity contribution >= 4 is 17.4 Å². The highest BCUT2D eigenvalue weighted by Crippen LogP contribution is 2.19. The lowest BCUT2D eigenvalue weighted by atomic mass is 10.2. The molecule has 1 heterocycles. The van der Waals surface area contributed by atoms with Crippen LogP contribution in [0.5, 0.6) is 0 Å². The van der Waals surface area contributed by atoms with E-state index in [1.807, 2.05) is 61.5 Å². The van der Waals surface area contributed by atoms with Gasteiger partial charge in [0.2, 0.25) is 0 Å². The smallest absolute Gasteiger partial charge is 0.274 e. The molecule has 6 nitrogen and oxygen atoms in total. The lowest BCUT2D eigenvalue weighted by molar-refractivity contribution is 0.102. The molecule has 0 spiro atoms. The SMILES string of the molecule is COCCNc1cc(C(=O)Nc2ccc(C)cc2)nc(-c2ccccc2)n1. The first kappa shape index (κ1) is 18.5. The van der Waals surface area contributed by atoms with E-state index in [9.17, 15) is 4.79 Å². The number of aryl methyl sites for hydroxylation is 1. The van der Waals surface area contributed by atoms with Gasteiger partial charge in [0.05, 0.1) is 6.61 Å². The van der Waals surface area contributed by atoms with Crippen LogP contribution < -0.4 is 10.6 Å². The highest BCUT2D eigenvalue weighted by atomic mass is 16.5. The van der Waals surface area contributed by atoms with E-state index in [4.69, 9.17) is 4.74 Å². The van der Waals surface area contributed by atoms with Crippen molar-refractivity contribution < 1.29 is 9.53 Å². The zero-order valence-corrected chi connectivity index (χ0v) is 15.4. The van der Waals surface area contributed by atoms with Crippen LogP contribution in [0.25, 0.3) is 11.4 Å². The van der Waals surface area contributed by atoms with E-state index in [0.717, 1.165) is 16.8 Å². The van der Waals surface area contributed by atoms with Gasteiger partial charge < -0.3 is 15.4 Å². The number of benzene rings is 2. The van der Waals surface area contributed by atoms with Gasteiger partial charge in [-0.1, -0.05) is 48.0 Å². The fraction of sp³-hybridized carbons (Fsp3) is 0.190. The Bertz CT molecular complexity index is 896. The van der Waals surface area contributed by atoms with Crippen LogP contribution >= 0.6 is 0 Å². The molecule has 1 aromatic heterocycles. The lowest BCUT2D eigenvalue weighted by Gasteiger charge is -2.11. The number of rotatable bonds is 7. The number of carbonyl (C=O) groups excluding carboxylic acids is 1. The molecule has 2 aromatic carbocycles. The molecule has 1 amide bonds. The molecule has 3 aromatic rings. The molecule has 0 saturated heterocycles. The predicted molar refractivity (Wildman–Crippen MR) is 107 cm³/mol. The van der Waals surface area contributed by atoms with E-state index in [-0.39, 0.29) is 5.91 Å². The number of nitrogens with one attached hydrogen (secondary N) is 2. The third-order valence-corrected chi connectivity index (χ3v) is 3.91. The second-order valence-corrected chi connectivity index (χ2v) is 6.07. The Hall–Kier alpha value is -3.25. The molecule has 0 unspecified atom stereocenters. The summed E-state index contributed by atoms with van der Waals surface area (Å²) in [5.41, 5.74) is 2.99. The summed E-state index contributed by atoms with van der Waals surface area (Å²) in [5.74, 6) is 0.787. The average Bonchev–Trinajstić information content (AvgIpc) is 2.70. The van der Waals surface area contributed by atoms with E-state index >= 15 is 0 Å². The molecular formula is C21H22N4O2. The van der Waals surface area contributed by atoms with E-state index < -0.39 is 0 Å². The summed E-state index contributed by atoms with van der Waals surface area (Å²) in [6, 6.07) is 18.8. The number of methoxy groups -OCH3 is 1. The maximum atomic E-state index is 12.7. The van der Waals surface area contributed by atoms with Gasteiger partial charge in [-0.3, -0.25) is 4.79 Å². The van der Waals surface area contributed by atoms with Crippen molar-refractivity contribution in [1.82, 2.24) is 9.97 Å². The van der Waals surface area contributed by atoms with Crippen molar-refractivity contribution in [2.45, 2.75) is 6.92 Å². The minimum Gasteiger partial charge on any atom is -0.383 e. The minimum absolute atomic E-state index is 0.284. The van der Waals surface area contributed by atoms with Crippen molar-refractivity contribution in [3.05, 3.63) is 71.9 Å². The minimum atomic E-state index is -0.284. The van der Waals surface area contributed by atoms with Crippen molar-refractivity contribution in [1.29, 1.82) is 0 Å². The van der Waals surface area contributed by atoms with Crippen LogP contribution in [0.3, 0.4) is 0 Å². The Morgan fingerprint density at radius 1 is 1.04 bits per heavy atom. The molecule has 27 heavy (non-hydrogen) atoms. The summed E-state index contributed by atoms with van der Waals surface area (Å²) in [6.07, 6.45) is 0. The fourth-order valence-corrected chi connectivity index (χ4v) is 2.48. The number of ether oxygens (including phenoxy) is 1. The largest absolute Gasteiger partial charge is 0.383 e. The number of aromatic nitrogens is 2. The van der Waals surface area contributed by atoms with Gasteiger partial charge in [-0.15, -0.1) is 0 Å². The van der Waals surface area contributed by atoms with Crippen LogP contribution in [0.2, 0.25) is 0 Å². The maximum Gasteiger partial charge on any atom is 0.274 e. The summed E-state index contributed by atoms with van der Waals surface area (Å²) in [6.45, 7) is 3.12. The Balaban J connectivity index is 1.88. The number of anilines is 2. The van der Waals surface area contributed by atoms with E-state index in [1.165, 1.54) is 0 Å². The average molecular weight is 362 g/mol. The number of hydrogen-bond acceptors (Lipinski definition) is 5. The van der Waals surface area contributed by atoms with Crippen molar-refractivity contribution in [2.75, 3.05) is 30.9 Å². The molecule has 0 aliphatic heterocycles. The number of amides is 1. The molecule has 0 aliphatic rings. The highest BCUT2D eigenvalue weighted by Gasteiger charge is 2.13. The summed E-state index contributed by atoms with van der Waals surface area (Å²) in [4.78, 5) is 21.7. The Kier molecular flexibility index (Phi) is 6.12. The summed E-state index contributed by atoms with van der Waals surface area (Å²) >= 11 is 0. The lowest BCUT2D eigenvalue weighted by Crippen LogP contribution is -2.16. The Morgan fingerprint density at radius 3 is 2.48 bits per heavy atom. The number of hydrogen-bond donors (Lipinski definition) is 2. The standard InChI is InChI=1S/C21H22N4O2/c1-15-8-10-17(11-9-15)23-21(26)18-14-19(22-12-13-27-2)25-20(24-18)16-6-4-3-5-7-16/h3-11,14H,12-13H2,1-2H3,(H,23,26)(H,22,24,25). The van der Waals surface area contributed by atoms with E-state index in [1.54, 1.807) is 13.2 Å². The molecule has 0 atom stereocenters. The van der Waals surface area contributed by atoms with Crippen LogP contribution in [0.15, 0.2) is 60.7 Å². The van der Waals surface area contributed by atoms with E-state index in [2.05, 4.69) is 20.6 Å². The Labute approximate surface area is 158 Å². The molecule has 3 rings (SSSR count). The van der Waals surface area contributed by atoms with Gasteiger partial charge in [-0.25, -0.2) is 9.97 Å². The molecule has 0 aliphatic carbocycles. The maximum absolute atomic E-state index is 12.7. The van der Waals surface area contributed by atoms with Gasteiger partial charge in [0.25, 0.3) is 5.91 Å². The van der Waals surface area contributed by atoms with Gasteiger partial charge in [0.1, 0.15) is 11.5 Å². The molecule has 0 bridgehead atoms. The number of carbonyl (C=O) groups is 1. The molecule has 138 valence electrons. The monoisotopic (exact) mass is 362 g/mol.